The standard InChI is InChI=1S/C17H27N3O3/c1-19(2)9-14-10-20(15-4-7-22-8-5-15)11-16(14)18-17(21)13-3-6-23-12-13/h3,6,12,14-16H,4-5,7-11H2,1-2H3,(H,18,21)/t14-,16-/m1/s1. The van der Waals surface area contributed by atoms with Crippen LogP contribution < -0.4 is 5.32 Å². The van der Waals surface area contributed by atoms with E-state index < -0.39 is 0 Å². The Morgan fingerprint density at radius 2 is 2.13 bits per heavy atom. The van der Waals surface area contributed by atoms with Crippen molar-refractivity contribution in [3.8, 4) is 0 Å². The maximum Gasteiger partial charge on any atom is 0.254 e. The molecule has 6 heteroatoms. The fourth-order valence-corrected chi connectivity index (χ4v) is 3.72. The van der Waals surface area contributed by atoms with E-state index in [4.69, 9.17) is 9.15 Å². The fourth-order valence-electron chi connectivity index (χ4n) is 3.72. The SMILES string of the molecule is CN(C)C[C@@H]1CN(C2CCOCC2)C[C@H]1NC(=O)c1ccoc1. The molecule has 0 bridgehead atoms. The third kappa shape index (κ3) is 4.13. The summed E-state index contributed by atoms with van der Waals surface area (Å²) in [5, 5.41) is 3.21. The van der Waals surface area contributed by atoms with Crippen molar-refractivity contribution in [2.24, 2.45) is 5.92 Å². The molecule has 0 aliphatic carbocycles. The molecule has 2 aliphatic heterocycles. The van der Waals surface area contributed by atoms with E-state index in [0.717, 1.165) is 45.7 Å². The van der Waals surface area contributed by atoms with E-state index in [9.17, 15) is 4.79 Å². The van der Waals surface area contributed by atoms with Gasteiger partial charge in [0.05, 0.1) is 11.8 Å². The zero-order chi connectivity index (χ0) is 16.2. The van der Waals surface area contributed by atoms with Gasteiger partial charge in [0.15, 0.2) is 0 Å². The van der Waals surface area contributed by atoms with Crippen molar-refractivity contribution in [1.29, 1.82) is 0 Å². The van der Waals surface area contributed by atoms with Gasteiger partial charge in [-0.1, -0.05) is 0 Å². The van der Waals surface area contributed by atoms with Crippen LogP contribution in [0.5, 0.6) is 0 Å². The molecule has 2 aliphatic rings. The molecule has 6 nitrogen and oxygen atoms in total. The molecule has 3 heterocycles. The molecular formula is C17H27N3O3. The minimum absolute atomic E-state index is 0.0404. The van der Waals surface area contributed by atoms with Crippen molar-refractivity contribution in [3.05, 3.63) is 24.2 Å². The molecule has 0 unspecified atom stereocenters. The highest BCUT2D eigenvalue weighted by molar-refractivity contribution is 5.94. The average Bonchev–Trinajstić information content (AvgIpc) is 3.18. The second kappa shape index (κ2) is 7.47. The third-order valence-corrected chi connectivity index (χ3v) is 4.88. The zero-order valence-electron chi connectivity index (χ0n) is 14.0. The van der Waals surface area contributed by atoms with Crippen LogP contribution in [0.3, 0.4) is 0 Å². The number of rotatable bonds is 5. The summed E-state index contributed by atoms with van der Waals surface area (Å²) in [7, 11) is 4.18. The number of hydrogen-bond donors (Lipinski definition) is 1. The lowest BCUT2D eigenvalue weighted by Crippen LogP contribution is -2.44. The van der Waals surface area contributed by atoms with Gasteiger partial charge < -0.3 is 19.4 Å². The van der Waals surface area contributed by atoms with Gasteiger partial charge in [-0.15, -0.1) is 0 Å². The van der Waals surface area contributed by atoms with Gasteiger partial charge in [-0.05, 0) is 33.0 Å². The van der Waals surface area contributed by atoms with E-state index in [1.807, 2.05) is 0 Å². The topological polar surface area (TPSA) is 58.0 Å². The Balaban J connectivity index is 1.64. The molecule has 2 atom stereocenters. The monoisotopic (exact) mass is 321 g/mol. The van der Waals surface area contributed by atoms with E-state index in [-0.39, 0.29) is 11.9 Å². The predicted octanol–water partition coefficient (Wildman–Crippen LogP) is 1.05. The van der Waals surface area contributed by atoms with Gasteiger partial charge in [0.1, 0.15) is 6.26 Å². The first-order chi connectivity index (χ1) is 11.1. The summed E-state index contributed by atoms with van der Waals surface area (Å²) in [6.45, 7) is 4.65. The lowest BCUT2D eigenvalue weighted by atomic mass is 10.0. The Hall–Kier alpha value is -1.37. The van der Waals surface area contributed by atoms with Crippen molar-refractivity contribution in [2.45, 2.75) is 24.9 Å². The molecule has 23 heavy (non-hydrogen) atoms. The lowest BCUT2D eigenvalue weighted by Gasteiger charge is -2.31. The highest BCUT2D eigenvalue weighted by Gasteiger charge is 2.37. The van der Waals surface area contributed by atoms with E-state index in [1.165, 1.54) is 12.5 Å². The van der Waals surface area contributed by atoms with Gasteiger partial charge in [-0.25, -0.2) is 0 Å². The van der Waals surface area contributed by atoms with Gasteiger partial charge >= 0.3 is 0 Å². The number of likely N-dealkylation sites (tertiary alicyclic amines) is 1. The predicted molar refractivity (Wildman–Crippen MR) is 87.4 cm³/mol. The maximum atomic E-state index is 12.4. The quantitative estimate of drug-likeness (QED) is 0.878. The Morgan fingerprint density at radius 3 is 2.78 bits per heavy atom. The molecule has 1 aromatic heterocycles. The summed E-state index contributed by atoms with van der Waals surface area (Å²) in [6, 6.07) is 2.48. The van der Waals surface area contributed by atoms with Crippen LogP contribution >= 0.6 is 0 Å². The third-order valence-electron chi connectivity index (χ3n) is 4.88. The molecule has 2 saturated heterocycles. The minimum Gasteiger partial charge on any atom is -0.472 e. The van der Waals surface area contributed by atoms with Crippen molar-refractivity contribution >= 4 is 5.91 Å². The van der Waals surface area contributed by atoms with Crippen LogP contribution in [0.2, 0.25) is 0 Å². The van der Waals surface area contributed by atoms with Crippen LogP contribution in [0, 0.1) is 5.92 Å². The van der Waals surface area contributed by atoms with Crippen LogP contribution in [0.15, 0.2) is 23.0 Å². The van der Waals surface area contributed by atoms with Crippen LogP contribution in [-0.4, -0.2) is 74.7 Å². The number of carbonyl (C=O) groups excluding carboxylic acids is 1. The summed E-state index contributed by atoms with van der Waals surface area (Å²) >= 11 is 0. The summed E-state index contributed by atoms with van der Waals surface area (Å²) in [5.41, 5.74) is 0.595. The van der Waals surface area contributed by atoms with Crippen LogP contribution in [-0.2, 0) is 4.74 Å². The van der Waals surface area contributed by atoms with Crippen LogP contribution in [0.1, 0.15) is 23.2 Å². The molecule has 3 rings (SSSR count). The fraction of sp³-hybridized carbons (Fsp3) is 0.706. The van der Waals surface area contributed by atoms with Crippen molar-refractivity contribution in [2.75, 3.05) is 46.9 Å². The largest absolute Gasteiger partial charge is 0.472 e. The van der Waals surface area contributed by atoms with E-state index in [0.29, 0.717) is 17.5 Å². The number of nitrogens with one attached hydrogen (secondary N) is 1. The molecule has 0 saturated carbocycles. The molecule has 1 aromatic rings. The smallest absolute Gasteiger partial charge is 0.254 e. The van der Waals surface area contributed by atoms with Gasteiger partial charge in [0, 0.05) is 50.8 Å². The maximum absolute atomic E-state index is 12.4. The molecular weight excluding hydrogens is 294 g/mol. The Kier molecular flexibility index (Phi) is 5.35. The van der Waals surface area contributed by atoms with E-state index in [1.54, 1.807) is 6.07 Å². The van der Waals surface area contributed by atoms with Crippen molar-refractivity contribution in [1.82, 2.24) is 15.1 Å². The first kappa shape index (κ1) is 16.5. The number of carbonyl (C=O) groups is 1. The van der Waals surface area contributed by atoms with Crippen LogP contribution in [0.4, 0.5) is 0 Å². The molecule has 0 aromatic carbocycles. The van der Waals surface area contributed by atoms with Crippen LogP contribution in [0.25, 0.3) is 0 Å². The Morgan fingerprint density at radius 1 is 1.35 bits per heavy atom. The molecule has 1 amide bonds. The number of hydrogen-bond acceptors (Lipinski definition) is 5. The number of furan rings is 1. The molecule has 0 spiro atoms. The molecule has 128 valence electrons. The Labute approximate surface area is 137 Å². The summed E-state index contributed by atoms with van der Waals surface area (Å²) in [4.78, 5) is 17.1. The van der Waals surface area contributed by atoms with Gasteiger partial charge in [0.25, 0.3) is 5.91 Å². The summed E-state index contributed by atoms with van der Waals surface area (Å²) in [5.74, 6) is 0.407. The number of amides is 1. The first-order valence-electron chi connectivity index (χ1n) is 8.43. The summed E-state index contributed by atoms with van der Waals surface area (Å²) in [6.07, 6.45) is 5.23. The van der Waals surface area contributed by atoms with Gasteiger partial charge in [-0.3, -0.25) is 9.69 Å². The minimum atomic E-state index is -0.0404. The van der Waals surface area contributed by atoms with Gasteiger partial charge in [-0.2, -0.15) is 0 Å². The second-order valence-electron chi connectivity index (χ2n) is 6.91. The van der Waals surface area contributed by atoms with Gasteiger partial charge in [0.2, 0.25) is 0 Å². The van der Waals surface area contributed by atoms with Crippen molar-refractivity contribution < 1.29 is 13.9 Å². The first-order valence-corrected chi connectivity index (χ1v) is 8.43. The highest BCUT2D eigenvalue weighted by Crippen LogP contribution is 2.25. The highest BCUT2D eigenvalue weighted by atomic mass is 16.5. The normalized spacial score (nSPS) is 26.7. The average molecular weight is 321 g/mol. The lowest BCUT2D eigenvalue weighted by molar-refractivity contribution is 0.0403. The molecule has 2 fully saturated rings. The van der Waals surface area contributed by atoms with E-state index in [2.05, 4.69) is 29.2 Å². The number of ether oxygens (including phenoxy) is 1. The second-order valence-corrected chi connectivity index (χ2v) is 6.91. The summed E-state index contributed by atoms with van der Waals surface area (Å²) < 4.78 is 10.5. The van der Waals surface area contributed by atoms with E-state index >= 15 is 0 Å². The molecule has 1 N–H and O–H groups in total. The van der Waals surface area contributed by atoms with Crippen molar-refractivity contribution in [3.63, 3.8) is 0 Å². The Bertz CT molecular complexity index is 497. The number of nitrogens with zero attached hydrogens (tertiary/aromatic N) is 2. The molecule has 0 radical (unpaired) electrons. The zero-order valence-corrected chi connectivity index (χ0v) is 14.0.